The highest BCUT2D eigenvalue weighted by Gasteiger charge is 2.15. The number of hydrogen-bond donors (Lipinski definition) is 1. The van der Waals surface area contributed by atoms with Crippen LogP contribution in [0, 0.1) is 6.92 Å². The molecule has 18 heavy (non-hydrogen) atoms. The van der Waals surface area contributed by atoms with Gasteiger partial charge in [-0.15, -0.1) is 0 Å². The van der Waals surface area contributed by atoms with Gasteiger partial charge in [-0.05, 0) is 32.1 Å². The van der Waals surface area contributed by atoms with E-state index in [2.05, 4.69) is 48.1 Å². The molecule has 0 amide bonds. The molecule has 2 rings (SSSR count). The van der Waals surface area contributed by atoms with E-state index in [0.29, 0.717) is 0 Å². The molecule has 1 aromatic heterocycles. The summed E-state index contributed by atoms with van der Waals surface area (Å²) in [6, 6.07) is 4.36. The lowest BCUT2D eigenvalue weighted by molar-refractivity contribution is 0.312. The topological polar surface area (TPSA) is 31.4 Å². The highest BCUT2D eigenvalue weighted by Crippen LogP contribution is 2.16. The summed E-state index contributed by atoms with van der Waals surface area (Å²) in [4.78, 5) is 9.49. The van der Waals surface area contributed by atoms with Crippen molar-refractivity contribution in [1.82, 2.24) is 15.2 Å². The van der Waals surface area contributed by atoms with Gasteiger partial charge in [0.15, 0.2) is 0 Å². The highest BCUT2D eigenvalue weighted by molar-refractivity contribution is 5.42. The maximum atomic E-state index is 4.74. The molecular formula is C14H24N4. The zero-order chi connectivity index (χ0) is 13.0. The summed E-state index contributed by atoms with van der Waals surface area (Å²) in [5.41, 5.74) is 2.45. The minimum absolute atomic E-state index is 0.915. The SMILES string of the molecule is CCNCc1ccc(N2CCN(C)CC2)nc1C. The largest absolute Gasteiger partial charge is 0.354 e. The Morgan fingerprint density at radius 2 is 1.94 bits per heavy atom. The summed E-state index contributed by atoms with van der Waals surface area (Å²) < 4.78 is 0. The Morgan fingerprint density at radius 1 is 1.22 bits per heavy atom. The van der Waals surface area contributed by atoms with Crippen molar-refractivity contribution in [2.75, 3.05) is 44.7 Å². The maximum absolute atomic E-state index is 4.74. The van der Waals surface area contributed by atoms with Gasteiger partial charge < -0.3 is 15.1 Å². The molecule has 1 saturated heterocycles. The van der Waals surface area contributed by atoms with Gasteiger partial charge in [-0.1, -0.05) is 13.0 Å². The van der Waals surface area contributed by atoms with Crippen LogP contribution in [0.2, 0.25) is 0 Å². The van der Waals surface area contributed by atoms with E-state index in [1.54, 1.807) is 0 Å². The Balaban J connectivity index is 2.04. The number of likely N-dealkylation sites (N-methyl/N-ethyl adjacent to an activating group) is 1. The van der Waals surface area contributed by atoms with Gasteiger partial charge in [0.05, 0.1) is 0 Å². The second kappa shape index (κ2) is 6.16. The van der Waals surface area contributed by atoms with Gasteiger partial charge in [0.25, 0.3) is 0 Å². The van der Waals surface area contributed by atoms with Gasteiger partial charge in [0.1, 0.15) is 5.82 Å². The van der Waals surface area contributed by atoms with Crippen molar-refractivity contribution < 1.29 is 0 Å². The first-order valence-electron chi connectivity index (χ1n) is 6.81. The lowest BCUT2D eigenvalue weighted by Crippen LogP contribution is -2.44. The Bertz CT molecular complexity index is 383. The van der Waals surface area contributed by atoms with Crippen LogP contribution in [0.25, 0.3) is 0 Å². The van der Waals surface area contributed by atoms with Gasteiger partial charge in [-0.3, -0.25) is 0 Å². The fourth-order valence-electron chi connectivity index (χ4n) is 2.23. The molecule has 0 spiro atoms. The van der Waals surface area contributed by atoms with Gasteiger partial charge in [0, 0.05) is 38.4 Å². The normalized spacial score (nSPS) is 17.2. The lowest BCUT2D eigenvalue weighted by Gasteiger charge is -2.33. The maximum Gasteiger partial charge on any atom is 0.128 e. The molecule has 1 aliphatic rings. The molecule has 1 fully saturated rings. The monoisotopic (exact) mass is 248 g/mol. The summed E-state index contributed by atoms with van der Waals surface area (Å²) in [5, 5.41) is 3.35. The molecular weight excluding hydrogens is 224 g/mol. The minimum atomic E-state index is 0.915. The van der Waals surface area contributed by atoms with Crippen molar-refractivity contribution in [2.24, 2.45) is 0 Å². The highest BCUT2D eigenvalue weighted by atomic mass is 15.3. The molecule has 0 atom stereocenters. The second-order valence-electron chi connectivity index (χ2n) is 4.98. The van der Waals surface area contributed by atoms with Crippen molar-refractivity contribution in [3.05, 3.63) is 23.4 Å². The fourth-order valence-corrected chi connectivity index (χ4v) is 2.23. The molecule has 0 unspecified atom stereocenters. The van der Waals surface area contributed by atoms with E-state index in [1.165, 1.54) is 5.56 Å². The van der Waals surface area contributed by atoms with E-state index in [9.17, 15) is 0 Å². The molecule has 1 aliphatic heterocycles. The van der Waals surface area contributed by atoms with E-state index in [4.69, 9.17) is 4.98 Å². The van der Waals surface area contributed by atoms with Crippen LogP contribution in [0.15, 0.2) is 12.1 Å². The fraction of sp³-hybridized carbons (Fsp3) is 0.643. The van der Waals surface area contributed by atoms with Crippen LogP contribution in [0.3, 0.4) is 0 Å². The van der Waals surface area contributed by atoms with Gasteiger partial charge in [0.2, 0.25) is 0 Å². The number of pyridine rings is 1. The quantitative estimate of drug-likeness (QED) is 0.869. The Hall–Kier alpha value is -1.13. The third-order valence-corrected chi connectivity index (χ3v) is 3.57. The number of anilines is 1. The number of hydrogen-bond acceptors (Lipinski definition) is 4. The zero-order valence-electron chi connectivity index (χ0n) is 11.7. The third-order valence-electron chi connectivity index (χ3n) is 3.57. The van der Waals surface area contributed by atoms with Crippen LogP contribution >= 0.6 is 0 Å². The van der Waals surface area contributed by atoms with Gasteiger partial charge in [-0.25, -0.2) is 4.98 Å². The van der Waals surface area contributed by atoms with Crippen molar-refractivity contribution >= 4 is 5.82 Å². The van der Waals surface area contributed by atoms with Crippen molar-refractivity contribution in [3.8, 4) is 0 Å². The Kier molecular flexibility index (Phi) is 4.55. The number of aromatic nitrogens is 1. The number of nitrogens with one attached hydrogen (secondary N) is 1. The lowest BCUT2D eigenvalue weighted by atomic mass is 10.2. The smallest absolute Gasteiger partial charge is 0.128 e. The molecule has 0 aliphatic carbocycles. The molecule has 1 N–H and O–H groups in total. The first-order valence-corrected chi connectivity index (χ1v) is 6.81. The second-order valence-corrected chi connectivity index (χ2v) is 4.98. The first kappa shape index (κ1) is 13.3. The number of nitrogens with zero attached hydrogens (tertiary/aromatic N) is 3. The van der Waals surface area contributed by atoms with Crippen LogP contribution in [0.4, 0.5) is 5.82 Å². The van der Waals surface area contributed by atoms with Crippen molar-refractivity contribution in [1.29, 1.82) is 0 Å². The predicted molar refractivity (Wildman–Crippen MR) is 76.1 cm³/mol. The molecule has 0 radical (unpaired) electrons. The van der Waals surface area contributed by atoms with Crippen LogP contribution in [0.5, 0.6) is 0 Å². The molecule has 100 valence electrons. The molecule has 4 heteroatoms. The standard InChI is InChI=1S/C14H24N4/c1-4-15-11-13-5-6-14(16-12(13)2)18-9-7-17(3)8-10-18/h5-6,15H,4,7-11H2,1-3H3. The summed E-state index contributed by atoms with van der Waals surface area (Å²) in [7, 11) is 2.18. The average molecular weight is 248 g/mol. The predicted octanol–water partition coefficient (Wildman–Crippen LogP) is 1.25. The van der Waals surface area contributed by atoms with Gasteiger partial charge in [-0.2, -0.15) is 0 Å². The van der Waals surface area contributed by atoms with Crippen molar-refractivity contribution in [2.45, 2.75) is 20.4 Å². The molecule has 2 heterocycles. The molecule has 1 aromatic rings. The van der Waals surface area contributed by atoms with E-state index in [1.807, 2.05) is 0 Å². The number of rotatable bonds is 4. The molecule has 0 aromatic carbocycles. The van der Waals surface area contributed by atoms with Crippen LogP contribution < -0.4 is 10.2 Å². The van der Waals surface area contributed by atoms with Crippen LogP contribution in [0.1, 0.15) is 18.2 Å². The molecule has 0 bridgehead atoms. The summed E-state index contributed by atoms with van der Waals surface area (Å²) in [5.74, 6) is 1.13. The summed E-state index contributed by atoms with van der Waals surface area (Å²) in [6.07, 6.45) is 0. The Morgan fingerprint density at radius 3 is 2.56 bits per heavy atom. The van der Waals surface area contributed by atoms with E-state index in [-0.39, 0.29) is 0 Å². The Labute approximate surface area is 110 Å². The van der Waals surface area contributed by atoms with E-state index < -0.39 is 0 Å². The van der Waals surface area contributed by atoms with Gasteiger partial charge >= 0.3 is 0 Å². The summed E-state index contributed by atoms with van der Waals surface area (Å²) in [6.45, 7) is 10.6. The average Bonchev–Trinajstić information content (AvgIpc) is 2.38. The first-order chi connectivity index (χ1) is 8.70. The van der Waals surface area contributed by atoms with E-state index >= 15 is 0 Å². The van der Waals surface area contributed by atoms with E-state index in [0.717, 1.165) is 50.8 Å². The van der Waals surface area contributed by atoms with Crippen LogP contribution in [-0.2, 0) is 6.54 Å². The zero-order valence-corrected chi connectivity index (χ0v) is 11.7. The number of piperazine rings is 1. The molecule has 4 nitrogen and oxygen atoms in total. The van der Waals surface area contributed by atoms with Crippen molar-refractivity contribution in [3.63, 3.8) is 0 Å². The summed E-state index contributed by atoms with van der Waals surface area (Å²) >= 11 is 0. The third kappa shape index (κ3) is 3.21. The van der Waals surface area contributed by atoms with Crippen LogP contribution in [-0.4, -0.2) is 49.7 Å². The molecule has 0 saturated carbocycles. The number of aryl methyl sites for hydroxylation is 1. The minimum Gasteiger partial charge on any atom is -0.354 e.